The second-order valence-electron chi connectivity index (χ2n) is 13.5. The lowest BCUT2D eigenvalue weighted by Gasteiger charge is -2.19. The molecule has 0 spiro atoms. The molecule has 1 aromatic rings. The summed E-state index contributed by atoms with van der Waals surface area (Å²) in [4.78, 5) is 47.5. The summed E-state index contributed by atoms with van der Waals surface area (Å²) in [5.74, 6) is -1.20. The predicted molar refractivity (Wildman–Crippen MR) is 186 cm³/mol. The van der Waals surface area contributed by atoms with Gasteiger partial charge in [0.25, 0.3) is 0 Å². The Bertz CT molecular complexity index is 992. The fraction of sp³-hybridized carbons (Fsp3) is 0.857. The van der Waals surface area contributed by atoms with Gasteiger partial charge in [-0.1, -0.05) is 82.3 Å². The van der Waals surface area contributed by atoms with Crippen LogP contribution in [0, 0.1) is 5.92 Å². The number of H-pyrrole nitrogens is 1. The molecule has 1 rings (SSSR count). The van der Waals surface area contributed by atoms with E-state index in [9.17, 15) is 24.3 Å². The highest BCUT2D eigenvalue weighted by Gasteiger charge is 2.28. The maximum atomic E-state index is 12.1. The van der Waals surface area contributed by atoms with Crippen LogP contribution in [0.25, 0.3) is 0 Å². The Hall–Kier alpha value is -2.77. The van der Waals surface area contributed by atoms with Crippen LogP contribution in [0.15, 0.2) is 0 Å². The molecule has 1 amide bonds. The molecule has 13 heteroatoms. The number of hydrogen-bond acceptors (Lipinski definition) is 10. The molecule has 0 unspecified atom stereocenters. The van der Waals surface area contributed by atoms with Crippen molar-refractivity contribution < 1.29 is 35.2 Å². The molecule has 0 radical (unpaired) electrons. The summed E-state index contributed by atoms with van der Waals surface area (Å²) in [6.07, 6.45) is 20.3. The van der Waals surface area contributed by atoms with E-state index in [0.717, 1.165) is 31.5 Å². The maximum Gasteiger partial charge on any atom is 0.306 e. The van der Waals surface area contributed by atoms with Gasteiger partial charge in [0.1, 0.15) is 12.4 Å². The van der Waals surface area contributed by atoms with E-state index < -0.39 is 17.4 Å². The molecule has 0 aliphatic carbocycles. The highest BCUT2D eigenvalue weighted by atomic mass is 16.5. The minimum absolute atomic E-state index is 0. The summed E-state index contributed by atoms with van der Waals surface area (Å²) in [7, 11) is 0. The first-order chi connectivity index (χ1) is 23.1. The zero-order valence-electron chi connectivity index (χ0n) is 29.8. The molecule has 13 nitrogen and oxygen atoms in total. The molecule has 0 saturated carbocycles. The summed E-state index contributed by atoms with van der Waals surface area (Å²) < 4.78 is 10.8. The van der Waals surface area contributed by atoms with E-state index in [0.29, 0.717) is 64.1 Å². The summed E-state index contributed by atoms with van der Waals surface area (Å²) >= 11 is 0. The van der Waals surface area contributed by atoms with Crippen LogP contribution in [-0.4, -0.2) is 87.7 Å². The Morgan fingerprint density at radius 2 is 1.40 bits per heavy atom. The number of nitrogens with two attached hydrogens (primary N) is 1. The molecule has 5 N–H and O–H groups in total. The lowest BCUT2D eigenvalue weighted by Crippen LogP contribution is -2.42. The lowest BCUT2D eigenvalue weighted by molar-refractivity contribution is -0.144. The predicted octanol–water partition coefficient (Wildman–Crippen LogP) is 5.52. The first-order valence-electron chi connectivity index (χ1n) is 18.3. The number of Topliss-reactive ketones (excluding diaryl/α,β-unsaturated/α-hetero) is 2. The highest BCUT2D eigenvalue weighted by Crippen LogP contribution is 2.17. The number of carbonyl (C=O) groups excluding carboxylic acids is 3. The Morgan fingerprint density at radius 3 is 1.98 bits per heavy atom. The van der Waals surface area contributed by atoms with Crippen molar-refractivity contribution in [1.29, 1.82) is 0 Å². The number of ether oxygens (including phenoxy) is 2. The summed E-state index contributed by atoms with van der Waals surface area (Å²) in [5, 5.41) is 26.1. The van der Waals surface area contributed by atoms with Crippen LogP contribution in [0.4, 0.5) is 0 Å². The van der Waals surface area contributed by atoms with Crippen molar-refractivity contribution in [2.24, 2.45) is 11.7 Å². The largest absolute Gasteiger partial charge is 0.481 e. The van der Waals surface area contributed by atoms with E-state index in [-0.39, 0.29) is 32.8 Å². The SMILES string of the molecule is CC(C)(N)C(=O)C[C@@H](CCCCNC(=O)COCCOCCCC(=O)CCCCCCCCCCCCCCCc1nn[nH]n1)C(=O)O.[HH]. The van der Waals surface area contributed by atoms with Crippen LogP contribution in [-0.2, 0) is 35.1 Å². The van der Waals surface area contributed by atoms with Crippen molar-refractivity contribution in [1.82, 2.24) is 25.9 Å². The number of tetrazole rings is 1. The Labute approximate surface area is 289 Å². The normalized spacial score (nSPS) is 12.2. The van der Waals surface area contributed by atoms with Crippen molar-refractivity contribution in [2.45, 2.75) is 154 Å². The number of rotatable bonds is 34. The van der Waals surface area contributed by atoms with E-state index in [2.05, 4.69) is 25.9 Å². The first kappa shape index (κ1) is 43.3. The van der Waals surface area contributed by atoms with Gasteiger partial charge in [0.15, 0.2) is 11.6 Å². The van der Waals surface area contributed by atoms with Gasteiger partial charge in [0.2, 0.25) is 5.91 Å². The number of carboxylic acids is 1. The van der Waals surface area contributed by atoms with Crippen molar-refractivity contribution in [3.63, 3.8) is 0 Å². The molecule has 0 fully saturated rings. The molecule has 0 saturated heterocycles. The van der Waals surface area contributed by atoms with Crippen LogP contribution < -0.4 is 11.1 Å². The number of aromatic nitrogens is 4. The Morgan fingerprint density at radius 1 is 0.812 bits per heavy atom. The van der Waals surface area contributed by atoms with E-state index in [4.69, 9.17) is 15.2 Å². The van der Waals surface area contributed by atoms with Gasteiger partial charge in [-0.3, -0.25) is 19.2 Å². The lowest BCUT2D eigenvalue weighted by atomic mass is 9.89. The summed E-state index contributed by atoms with van der Waals surface area (Å²) in [5.41, 5.74) is 4.71. The van der Waals surface area contributed by atoms with Crippen LogP contribution in [0.1, 0.15) is 150 Å². The quantitative estimate of drug-likeness (QED) is 0.0668. The number of carboxylic acid groups (broad SMARTS) is 1. The third-order valence-electron chi connectivity index (χ3n) is 8.40. The van der Waals surface area contributed by atoms with Gasteiger partial charge < -0.3 is 25.6 Å². The first-order valence-corrected chi connectivity index (χ1v) is 18.3. The van der Waals surface area contributed by atoms with Crippen LogP contribution in [0.3, 0.4) is 0 Å². The third kappa shape index (κ3) is 25.3. The monoisotopic (exact) mass is 682 g/mol. The highest BCUT2D eigenvalue weighted by molar-refractivity contribution is 5.90. The second kappa shape index (κ2) is 28.1. The van der Waals surface area contributed by atoms with Gasteiger partial charge in [0, 0.05) is 40.3 Å². The average Bonchev–Trinajstić information content (AvgIpc) is 3.56. The molecule has 278 valence electrons. The van der Waals surface area contributed by atoms with Gasteiger partial charge in [-0.2, -0.15) is 5.21 Å². The summed E-state index contributed by atoms with van der Waals surface area (Å²) in [6, 6.07) is 0. The number of nitrogens with one attached hydrogen (secondary N) is 2. The third-order valence-corrected chi connectivity index (χ3v) is 8.40. The zero-order chi connectivity index (χ0) is 35.3. The van der Waals surface area contributed by atoms with Crippen LogP contribution in [0.2, 0.25) is 0 Å². The number of nitrogens with zero attached hydrogens (tertiary/aromatic N) is 3. The smallest absolute Gasteiger partial charge is 0.306 e. The molecular formula is C35H66N6O7. The number of unbranched alkanes of at least 4 members (excludes halogenated alkanes) is 13. The molecule has 1 heterocycles. The van der Waals surface area contributed by atoms with Crippen LogP contribution in [0.5, 0.6) is 0 Å². The van der Waals surface area contributed by atoms with Crippen molar-refractivity contribution in [3.8, 4) is 0 Å². The van der Waals surface area contributed by atoms with Crippen LogP contribution >= 0.6 is 0 Å². The van der Waals surface area contributed by atoms with Gasteiger partial charge in [-0.25, -0.2) is 0 Å². The molecular weight excluding hydrogens is 616 g/mol. The minimum Gasteiger partial charge on any atom is -0.481 e. The molecule has 48 heavy (non-hydrogen) atoms. The van der Waals surface area contributed by atoms with E-state index in [1.165, 1.54) is 64.2 Å². The maximum absolute atomic E-state index is 12.1. The minimum atomic E-state index is -1.05. The Kier molecular flexibility index (Phi) is 25.3. The summed E-state index contributed by atoms with van der Waals surface area (Å²) in [6.45, 7) is 4.61. The topological polar surface area (TPSA) is 199 Å². The average molecular weight is 683 g/mol. The Balaban J connectivity index is 0.0000230. The number of hydrogen-bond donors (Lipinski definition) is 4. The number of amides is 1. The zero-order valence-corrected chi connectivity index (χ0v) is 29.8. The number of aliphatic carboxylic acids is 1. The molecule has 0 aromatic carbocycles. The fourth-order valence-electron chi connectivity index (χ4n) is 5.31. The van der Waals surface area contributed by atoms with Gasteiger partial charge in [0.05, 0.1) is 24.7 Å². The van der Waals surface area contributed by atoms with E-state index >= 15 is 0 Å². The number of carbonyl (C=O) groups is 4. The standard InChI is InChI=1S/C35H64N6O7.H2/c1-35(2,36)31(43)27-29(34(45)46)19-16-17-23-37-33(44)28-48-26-25-47-24-18-21-30(42)20-14-12-10-8-6-4-3-5-7-9-11-13-15-22-32-38-40-41-39-32;/h29H,3-28,36H2,1-2H3,(H,37,44)(H,45,46)(H,38,39,40,41);1H/t29-;/m1./s1. The van der Waals surface area contributed by atoms with E-state index in [1.54, 1.807) is 13.8 Å². The molecule has 1 aromatic heterocycles. The molecule has 0 aliphatic heterocycles. The van der Waals surface area contributed by atoms with Gasteiger partial charge in [-0.15, -0.1) is 10.2 Å². The fourth-order valence-corrected chi connectivity index (χ4v) is 5.31. The second-order valence-corrected chi connectivity index (χ2v) is 13.5. The number of ketones is 2. The van der Waals surface area contributed by atoms with Gasteiger partial charge >= 0.3 is 5.97 Å². The molecule has 0 bridgehead atoms. The number of aromatic amines is 1. The van der Waals surface area contributed by atoms with E-state index in [1.807, 2.05) is 0 Å². The molecule has 0 aliphatic rings. The van der Waals surface area contributed by atoms with Crippen molar-refractivity contribution in [2.75, 3.05) is 33.0 Å². The van der Waals surface area contributed by atoms with Crippen molar-refractivity contribution >= 4 is 23.4 Å². The number of aryl methyl sites for hydroxylation is 1. The van der Waals surface area contributed by atoms with Crippen molar-refractivity contribution in [3.05, 3.63) is 5.82 Å². The van der Waals surface area contributed by atoms with Gasteiger partial charge in [-0.05, 0) is 46.0 Å². The molecule has 1 atom stereocenters.